The van der Waals surface area contributed by atoms with Crippen molar-refractivity contribution in [3.63, 3.8) is 0 Å². The van der Waals surface area contributed by atoms with Crippen LogP contribution in [0.5, 0.6) is 0 Å². The summed E-state index contributed by atoms with van der Waals surface area (Å²) in [5.74, 6) is -1.25. The Morgan fingerprint density at radius 2 is 1.04 bits per heavy atom. The summed E-state index contributed by atoms with van der Waals surface area (Å²) in [7, 11) is 0. The number of rotatable bonds is 27. The van der Waals surface area contributed by atoms with Crippen LogP contribution in [-0.2, 0) is 42.9 Å². The number of nitrogens with zero attached hydrogens (tertiary/aromatic N) is 1. The molecule has 19 nitrogen and oxygen atoms in total. The molecule has 11 atom stereocenters. The highest BCUT2D eigenvalue weighted by Crippen LogP contribution is 2.23. The smallest absolute Gasteiger partial charge is 0.238 e. The number of ketones is 3. The van der Waals surface area contributed by atoms with E-state index in [0.29, 0.717) is 32.2 Å². The number of carbonyl (C=O) groups excluding carboxylic acids is 5. The number of likely N-dealkylation sites (N-methyl/N-ethyl adjacent to an activating group) is 1. The summed E-state index contributed by atoms with van der Waals surface area (Å²) < 4.78 is 21.8. The number of nitrogens with two attached hydrogens (primary N) is 1. The second-order valence-corrected chi connectivity index (χ2v) is 14.3. The maximum absolute atomic E-state index is 12.9. The molecule has 0 saturated carbocycles. The van der Waals surface area contributed by atoms with Crippen LogP contribution in [0.15, 0.2) is 0 Å². The Morgan fingerprint density at radius 1 is 0.618 bits per heavy atom. The number of unbranched alkanes of at least 4 members (excludes halogenated alkanes) is 3. The van der Waals surface area contributed by atoms with Gasteiger partial charge in [0.1, 0.15) is 60.0 Å². The Balaban J connectivity index is 1.80. The summed E-state index contributed by atoms with van der Waals surface area (Å²) in [5, 5.41) is 65.1. The van der Waals surface area contributed by atoms with E-state index in [2.05, 4.69) is 10.6 Å². The van der Waals surface area contributed by atoms with Crippen LogP contribution in [0.2, 0.25) is 0 Å². The molecule has 0 aromatic heterocycles. The molecule has 2 fully saturated rings. The highest BCUT2D eigenvalue weighted by atomic mass is 16.7. The molecule has 2 rings (SSSR count). The molecule has 0 aromatic rings. The molecule has 2 aliphatic rings. The van der Waals surface area contributed by atoms with E-state index in [1.54, 1.807) is 6.92 Å². The van der Waals surface area contributed by atoms with E-state index in [4.69, 9.17) is 24.7 Å². The van der Waals surface area contributed by atoms with E-state index < -0.39 is 67.5 Å². The van der Waals surface area contributed by atoms with Gasteiger partial charge in [-0.3, -0.25) is 28.9 Å². The van der Waals surface area contributed by atoms with Crippen LogP contribution < -0.4 is 16.4 Å². The molecule has 2 heterocycles. The largest absolute Gasteiger partial charge is 0.388 e. The van der Waals surface area contributed by atoms with Gasteiger partial charge in [0, 0.05) is 38.8 Å². The molecule has 318 valence electrons. The number of hydrogen-bond acceptors (Lipinski definition) is 17. The van der Waals surface area contributed by atoms with Gasteiger partial charge in [-0.15, -0.1) is 0 Å². The van der Waals surface area contributed by atoms with Crippen LogP contribution >= 0.6 is 0 Å². The van der Waals surface area contributed by atoms with E-state index >= 15 is 0 Å². The van der Waals surface area contributed by atoms with E-state index in [1.165, 1.54) is 18.7 Å². The van der Waals surface area contributed by atoms with Gasteiger partial charge in [0.2, 0.25) is 11.8 Å². The van der Waals surface area contributed by atoms with Gasteiger partial charge in [-0.2, -0.15) is 0 Å². The molecule has 2 saturated heterocycles. The van der Waals surface area contributed by atoms with Gasteiger partial charge in [-0.25, -0.2) is 0 Å². The van der Waals surface area contributed by atoms with Crippen molar-refractivity contribution < 1.29 is 73.6 Å². The SMILES string of the molecule is CCNC(=O)[C@@H](N)CNC(=O)CCCCCCC(=O)CN(CC(=O)CCCO[C@@H]1O[C@@H](C)[C@@H](O)[C@@H](O)[C@@H]1O)CC(=O)CCCO[C@@H]1O[C@@H](C)[C@@H](O)[C@@H](O)[C@@H]1O. The number of Topliss-reactive ketones (excluding diaryl/α,β-unsaturated/α-hetero) is 3. The zero-order chi connectivity index (χ0) is 41.1. The Labute approximate surface area is 322 Å². The first-order valence-electron chi connectivity index (χ1n) is 19.3. The molecule has 0 aromatic carbocycles. The third-order valence-corrected chi connectivity index (χ3v) is 9.40. The minimum atomic E-state index is -1.47. The van der Waals surface area contributed by atoms with Crippen molar-refractivity contribution in [3.8, 4) is 0 Å². The maximum Gasteiger partial charge on any atom is 0.238 e. The molecule has 0 bridgehead atoms. The molecule has 0 unspecified atom stereocenters. The Bertz CT molecular complexity index is 1140. The quantitative estimate of drug-likeness (QED) is 0.0379. The van der Waals surface area contributed by atoms with Gasteiger partial charge < -0.3 is 66.0 Å². The van der Waals surface area contributed by atoms with Gasteiger partial charge in [0.05, 0.1) is 45.1 Å². The zero-order valence-electron chi connectivity index (χ0n) is 32.3. The topological polar surface area (TPSA) is 297 Å². The molecule has 0 aliphatic carbocycles. The Kier molecular flexibility index (Phi) is 22.7. The number of hydrogen-bond donors (Lipinski definition) is 9. The van der Waals surface area contributed by atoms with Crippen molar-refractivity contribution in [1.29, 1.82) is 0 Å². The van der Waals surface area contributed by atoms with Gasteiger partial charge in [0.25, 0.3) is 0 Å². The first-order chi connectivity index (χ1) is 26.0. The molecule has 55 heavy (non-hydrogen) atoms. The average Bonchev–Trinajstić information content (AvgIpc) is 3.14. The van der Waals surface area contributed by atoms with Crippen LogP contribution in [0.25, 0.3) is 0 Å². The highest BCUT2D eigenvalue weighted by Gasteiger charge is 2.43. The van der Waals surface area contributed by atoms with Crippen molar-refractivity contribution in [2.24, 2.45) is 5.73 Å². The minimum absolute atomic E-state index is 0.000343. The minimum Gasteiger partial charge on any atom is -0.388 e. The number of carbonyl (C=O) groups is 5. The van der Waals surface area contributed by atoms with Crippen LogP contribution in [-0.4, -0.2) is 178 Å². The van der Waals surface area contributed by atoms with E-state index in [0.717, 1.165) is 0 Å². The molecule has 2 aliphatic heterocycles. The molecular weight excluding hydrogens is 728 g/mol. The second kappa shape index (κ2) is 25.7. The number of amides is 2. The molecule has 0 radical (unpaired) electrons. The fourth-order valence-electron chi connectivity index (χ4n) is 6.06. The standard InChI is InChI=1S/C36H64N4O15/c1-4-38-34(51)26(37)17-39-27(44)14-8-6-5-7-11-23(41)18-40(19-24(42)12-9-15-52-35-32(49)30(47)28(45)21(2)54-35)20-25(43)13-10-16-53-36-33(50)31(48)29(46)22(3)55-36/h21-22,26,28-33,35-36,45-50H,4-20,37H2,1-3H3,(H,38,51)(H,39,44)/t21-,22-,26-,28+,29+,30+,31+,32-,33-,35+,36+/m0/s1. The molecule has 10 N–H and O–H groups in total. The lowest BCUT2D eigenvalue weighted by atomic mass is 10.00. The first kappa shape index (κ1) is 48.6. The molecule has 0 spiro atoms. The second-order valence-electron chi connectivity index (χ2n) is 14.3. The Morgan fingerprint density at radius 3 is 1.47 bits per heavy atom. The van der Waals surface area contributed by atoms with Crippen molar-refractivity contribution in [2.45, 2.75) is 152 Å². The van der Waals surface area contributed by atoms with Gasteiger partial charge in [-0.1, -0.05) is 12.8 Å². The van der Waals surface area contributed by atoms with Gasteiger partial charge >= 0.3 is 0 Å². The van der Waals surface area contributed by atoms with Gasteiger partial charge in [-0.05, 0) is 46.5 Å². The number of ether oxygens (including phenoxy) is 4. The van der Waals surface area contributed by atoms with E-state index in [9.17, 15) is 54.6 Å². The maximum atomic E-state index is 12.9. The fourth-order valence-corrected chi connectivity index (χ4v) is 6.06. The number of aliphatic hydroxyl groups is 6. The predicted molar refractivity (Wildman–Crippen MR) is 194 cm³/mol. The summed E-state index contributed by atoms with van der Waals surface area (Å²) in [5.41, 5.74) is 5.74. The van der Waals surface area contributed by atoms with Crippen LogP contribution in [0.4, 0.5) is 0 Å². The van der Waals surface area contributed by atoms with Gasteiger partial charge in [0.15, 0.2) is 12.6 Å². The lowest BCUT2D eigenvalue weighted by Gasteiger charge is -2.38. The summed E-state index contributed by atoms with van der Waals surface area (Å²) in [6.07, 6.45) is -8.85. The fraction of sp³-hybridized carbons (Fsp3) is 0.861. The van der Waals surface area contributed by atoms with Crippen molar-refractivity contribution in [3.05, 3.63) is 0 Å². The normalized spacial score (nSPS) is 28.8. The average molecular weight is 793 g/mol. The van der Waals surface area contributed by atoms with Crippen molar-refractivity contribution in [1.82, 2.24) is 15.5 Å². The lowest BCUT2D eigenvalue weighted by Crippen LogP contribution is -2.57. The third-order valence-electron chi connectivity index (χ3n) is 9.40. The molecule has 2 amide bonds. The van der Waals surface area contributed by atoms with Crippen molar-refractivity contribution >= 4 is 29.2 Å². The van der Waals surface area contributed by atoms with Crippen LogP contribution in [0, 0.1) is 0 Å². The highest BCUT2D eigenvalue weighted by molar-refractivity contribution is 5.86. The summed E-state index contributed by atoms with van der Waals surface area (Å²) in [4.78, 5) is 64.0. The zero-order valence-corrected chi connectivity index (χ0v) is 32.3. The lowest BCUT2D eigenvalue weighted by molar-refractivity contribution is -0.293. The first-order valence-corrected chi connectivity index (χ1v) is 19.3. The van der Waals surface area contributed by atoms with Crippen LogP contribution in [0.3, 0.4) is 0 Å². The van der Waals surface area contributed by atoms with E-state index in [1.807, 2.05) is 0 Å². The Hall–Kier alpha value is -2.53. The third kappa shape index (κ3) is 17.7. The summed E-state index contributed by atoms with van der Waals surface area (Å²) >= 11 is 0. The monoisotopic (exact) mass is 792 g/mol. The number of nitrogens with one attached hydrogen (secondary N) is 2. The predicted octanol–water partition coefficient (Wildman–Crippen LogP) is -2.84. The molecular formula is C36H64N4O15. The van der Waals surface area contributed by atoms with Crippen molar-refractivity contribution in [2.75, 3.05) is 45.9 Å². The number of aliphatic hydroxyl groups excluding tert-OH is 6. The summed E-state index contributed by atoms with van der Waals surface area (Å²) in [6.45, 7) is 4.79. The molecule has 19 heteroatoms. The summed E-state index contributed by atoms with van der Waals surface area (Å²) in [6, 6.07) is -0.830. The van der Waals surface area contributed by atoms with E-state index in [-0.39, 0.29) is 107 Å². The van der Waals surface area contributed by atoms with Crippen LogP contribution in [0.1, 0.15) is 85.0 Å².